The summed E-state index contributed by atoms with van der Waals surface area (Å²) in [6, 6.07) is 6.78. The Morgan fingerprint density at radius 3 is 2.26 bits per heavy atom. The topological polar surface area (TPSA) is 54.5 Å². The zero-order valence-corrected chi connectivity index (χ0v) is 10.6. The number of Topliss-reactive ketones (excluding diaryl/α,β-unsaturated/α-hetero) is 1. The lowest BCUT2D eigenvalue weighted by atomic mass is 10.1. The molecular formula is C15H15NO3. The van der Waals surface area contributed by atoms with Gasteiger partial charge in [0.1, 0.15) is 5.78 Å². The van der Waals surface area contributed by atoms with Gasteiger partial charge in [-0.2, -0.15) is 0 Å². The van der Waals surface area contributed by atoms with Gasteiger partial charge in [-0.1, -0.05) is 18.2 Å². The highest BCUT2D eigenvalue weighted by Crippen LogP contribution is 2.22. The minimum Gasteiger partial charge on any atom is -0.299 e. The van der Waals surface area contributed by atoms with Crippen molar-refractivity contribution in [3.63, 3.8) is 0 Å². The summed E-state index contributed by atoms with van der Waals surface area (Å²) in [5, 5.41) is 0. The Kier molecular flexibility index (Phi) is 3.90. The Labute approximate surface area is 111 Å². The summed E-state index contributed by atoms with van der Waals surface area (Å²) in [6.45, 7) is 3.78. The van der Waals surface area contributed by atoms with E-state index in [-0.39, 0.29) is 24.1 Å². The summed E-state index contributed by atoms with van der Waals surface area (Å²) in [5.74, 6) is -0.458. The second kappa shape index (κ2) is 5.61. The van der Waals surface area contributed by atoms with Crippen LogP contribution in [0.3, 0.4) is 0 Å². The quantitative estimate of drug-likeness (QED) is 0.580. The zero-order valence-electron chi connectivity index (χ0n) is 10.6. The van der Waals surface area contributed by atoms with Crippen molar-refractivity contribution in [2.75, 3.05) is 6.54 Å². The van der Waals surface area contributed by atoms with Crippen molar-refractivity contribution in [3.8, 4) is 0 Å². The van der Waals surface area contributed by atoms with Gasteiger partial charge in [-0.3, -0.25) is 19.3 Å². The standard InChI is InChI=1S/C15H15NO3/c1-2-6-11(17)7-5-10-16-14(18)12-8-3-4-9-13(12)15(16)19/h2-4,8-9H,1,5-7,10H2. The molecule has 0 saturated carbocycles. The van der Waals surface area contributed by atoms with Gasteiger partial charge in [-0.15, -0.1) is 6.58 Å². The summed E-state index contributed by atoms with van der Waals surface area (Å²) in [4.78, 5) is 36.6. The predicted octanol–water partition coefficient (Wildman–Crippen LogP) is 2.21. The molecular weight excluding hydrogens is 242 g/mol. The molecule has 2 rings (SSSR count). The van der Waals surface area contributed by atoms with Crippen LogP contribution in [0.25, 0.3) is 0 Å². The molecule has 0 bridgehead atoms. The van der Waals surface area contributed by atoms with Crippen LogP contribution in [0, 0.1) is 0 Å². The lowest BCUT2D eigenvalue weighted by Gasteiger charge is -2.12. The Morgan fingerprint density at radius 1 is 1.16 bits per heavy atom. The molecule has 1 heterocycles. The first-order valence-electron chi connectivity index (χ1n) is 6.23. The van der Waals surface area contributed by atoms with Crippen molar-refractivity contribution in [2.24, 2.45) is 0 Å². The summed E-state index contributed by atoms with van der Waals surface area (Å²) in [6.07, 6.45) is 2.75. The van der Waals surface area contributed by atoms with E-state index in [1.54, 1.807) is 30.3 Å². The summed E-state index contributed by atoms with van der Waals surface area (Å²) in [7, 11) is 0. The number of benzene rings is 1. The minimum absolute atomic E-state index is 0.0756. The van der Waals surface area contributed by atoms with Gasteiger partial charge in [0.05, 0.1) is 11.1 Å². The number of rotatable bonds is 6. The van der Waals surface area contributed by atoms with Gasteiger partial charge in [0.15, 0.2) is 0 Å². The van der Waals surface area contributed by atoms with E-state index in [9.17, 15) is 14.4 Å². The van der Waals surface area contributed by atoms with E-state index in [4.69, 9.17) is 0 Å². The maximum absolute atomic E-state index is 12.0. The smallest absolute Gasteiger partial charge is 0.261 e. The molecule has 19 heavy (non-hydrogen) atoms. The number of allylic oxidation sites excluding steroid dienone is 1. The fourth-order valence-electron chi connectivity index (χ4n) is 2.14. The first-order valence-corrected chi connectivity index (χ1v) is 6.23. The van der Waals surface area contributed by atoms with Gasteiger partial charge in [0.2, 0.25) is 0 Å². The third kappa shape index (κ3) is 2.62. The molecule has 98 valence electrons. The lowest BCUT2D eigenvalue weighted by molar-refractivity contribution is -0.118. The normalized spacial score (nSPS) is 13.6. The predicted molar refractivity (Wildman–Crippen MR) is 70.9 cm³/mol. The Hall–Kier alpha value is -2.23. The molecule has 0 radical (unpaired) electrons. The van der Waals surface area contributed by atoms with E-state index in [1.165, 1.54) is 4.90 Å². The molecule has 1 aliphatic heterocycles. The Morgan fingerprint density at radius 2 is 1.74 bits per heavy atom. The van der Waals surface area contributed by atoms with Crippen LogP contribution in [0.1, 0.15) is 40.0 Å². The first kappa shape index (κ1) is 13.2. The number of carbonyl (C=O) groups excluding carboxylic acids is 3. The number of hydrogen-bond donors (Lipinski definition) is 0. The van der Waals surface area contributed by atoms with E-state index >= 15 is 0 Å². The van der Waals surface area contributed by atoms with Crippen LogP contribution < -0.4 is 0 Å². The summed E-state index contributed by atoms with van der Waals surface area (Å²) < 4.78 is 0. The summed E-state index contributed by atoms with van der Waals surface area (Å²) in [5.41, 5.74) is 0.898. The summed E-state index contributed by atoms with van der Waals surface area (Å²) >= 11 is 0. The number of carbonyl (C=O) groups is 3. The van der Waals surface area contributed by atoms with Crippen LogP contribution in [-0.2, 0) is 4.79 Å². The molecule has 1 aliphatic rings. The Bertz CT molecular complexity index is 513. The molecule has 1 aromatic rings. The van der Waals surface area contributed by atoms with E-state index in [0.29, 0.717) is 30.4 Å². The number of nitrogens with zero attached hydrogens (tertiary/aromatic N) is 1. The molecule has 4 nitrogen and oxygen atoms in total. The Balaban J connectivity index is 1.97. The van der Waals surface area contributed by atoms with Crippen LogP contribution in [0.4, 0.5) is 0 Å². The molecule has 0 aliphatic carbocycles. The number of amides is 2. The van der Waals surface area contributed by atoms with E-state index in [2.05, 4.69) is 6.58 Å². The average Bonchev–Trinajstić information content (AvgIpc) is 2.65. The molecule has 0 N–H and O–H groups in total. The molecule has 4 heteroatoms. The van der Waals surface area contributed by atoms with E-state index in [0.717, 1.165) is 0 Å². The van der Waals surface area contributed by atoms with Crippen LogP contribution in [0.15, 0.2) is 36.9 Å². The van der Waals surface area contributed by atoms with Crippen LogP contribution in [0.2, 0.25) is 0 Å². The highest BCUT2D eigenvalue weighted by molar-refractivity contribution is 6.21. The SMILES string of the molecule is C=CCC(=O)CCCN1C(=O)c2ccccc2C1=O. The molecule has 0 atom stereocenters. The zero-order chi connectivity index (χ0) is 13.8. The monoisotopic (exact) mass is 257 g/mol. The van der Waals surface area contributed by atoms with Crippen molar-refractivity contribution >= 4 is 17.6 Å². The number of ketones is 1. The third-order valence-electron chi connectivity index (χ3n) is 3.09. The van der Waals surface area contributed by atoms with Crippen molar-refractivity contribution in [1.82, 2.24) is 4.90 Å². The largest absolute Gasteiger partial charge is 0.299 e. The molecule has 0 saturated heterocycles. The molecule has 2 amide bonds. The highest BCUT2D eigenvalue weighted by atomic mass is 16.2. The molecule has 0 fully saturated rings. The van der Waals surface area contributed by atoms with Crippen molar-refractivity contribution in [2.45, 2.75) is 19.3 Å². The van der Waals surface area contributed by atoms with Gasteiger partial charge in [-0.05, 0) is 18.6 Å². The van der Waals surface area contributed by atoms with Crippen molar-refractivity contribution < 1.29 is 14.4 Å². The number of hydrogen-bond acceptors (Lipinski definition) is 3. The molecule has 1 aromatic carbocycles. The van der Waals surface area contributed by atoms with E-state index in [1.807, 2.05) is 0 Å². The second-order valence-electron chi connectivity index (χ2n) is 4.44. The van der Waals surface area contributed by atoms with Gasteiger partial charge in [-0.25, -0.2) is 0 Å². The van der Waals surface area contributed by atoms with Crippen molar-refractivity contribution in [1.29, 1.82) is 0 Å². The molecule has 0 aromatic heterocycles. The fraction of sp³-hybridized carbons (Fsp3) is 0.267. The fourth-order valence-corrected chi connectivity index (χ4v) is 2.14. The van der Waals surface area contributed by atoms with Crippen LogP contribution >= 0.6 is 0 Å². The number of fused-ring (bicyclic) bond motifs is 1. The second-order valence-corrected chi connectivity index (χ2v) is 4.44. The molecule has 0 spiro atoms. The number of imide groups is 1. The highest BCUT2D eigenvalue weighted by Gasteiger charge is 2.34. The van der Waals surface area contributed by atoms with Crippen LogP contribution in [-0.4, -0.2) is 29.0 Å². The maximum atomic E-state index is 12.0. The average molecular weight is 257 g/mol. The van der Waals surface area contributed by atoms with Gasteiger partial charge in [0, 0.05) is 19.4 Å². The first-order chi connectivity index (χ1) is 9.15. The lowest BCUT2D eigenvalue weighted by Crippen LogP contribution is -2.31. The minimum atomic E-state index is -0.267. The molecule has 0 unspecified atom stereocenters. The van der Waals surface area contributed by atoms with Gasteiger partial charge in [0.25, 0.3) is 11.8 Å². The van der Waals surface area contributed by atoms with E-state index < -0.39 is 0 Å². The van der Waals surface area contributed by atoms with Gasteiger partial charge >= 0.3 is 0 Å². The van der Waals surface area contributed by atoms with Crippen LogP contribution in [0.5, 0.6) is 0 Å². The van der Waals surface area contributed by atoms with Gasteiger partial charge < -0.3 is 0 Å². The maximum Gasteiger partial charge on any atom is 0.261 e. The third-order valence-corrected chi connectivity index (χ3v) is 3.09. The van der Waals surface area contributed by atoms with Crippen molar-refractivity contribution in [3.05, 3.63) is 48.0 Å².